The lowest BCUT2D eigenvalue weighted by Crippen LogP contribution is -2.41. The van der Waals surface area contributed by atoms with Crippen LogP contribution in [-0.4, -0.2) is 36.9 Å². The van der Waals surface area contributed by atoms with Gasteiger partial charge in [-0.15, -0.1) is 0 Å². The summed E-state index contributed by atoms with van der Waals surface area (Å²) in [5.41, 5.74) is 0.0446. The molecule has 0 amide bonds. The smallest absolute Gasteiger partial charge is 0.339 e. The molecule has 120 valence electrons. The van der Waals surface area contributed by atoms with Crippen LogP contribution in [0.4, 0.5) is 0 Å². The van der Waals surface area contributed by atoms with Gasteiger partial charge in [-0.25, -0.2) is 4.79 Å². The maximum atomic E-state index is 12.2. The second-order valence-electron chi connectivity index (χ2n) is 4.71. The van der Waals surface area contributed by atoms with Gasteiger partial charge in [0.2, 0.25) is 0 Å². The fourth-order valence-corrected chi connectivity index (χ4v) is 3.30. The minimum absolute atomic E-state index is 0.0446. The average Bonchev–Trinajstić information content (AvgIpc) is 2.78. The molecule has 0 fully saturated rings. The van der Waals surface area contributed by atoms with Crippen molar-refractivity contribution >= 4 is 16.2 Å². The Morgan fingerprint density at radius 3 is 2.33 bits per heavy atom. The summed E-state index contributed by atoms with van der Waals surface area (Å²) < 4.78 is 33.4. The van der Waals surface area contributed by atoms with E-state index in [1.165, 1.54) is 17.3 Å². The molecule has 8 heteroatoms. The molecule has 0 spiro atoms. The van der Waals surface area contributed by atoms with Crippen molar-refractivity contribution in [1.82, 2.24) is 9.03 Å². The molecule has 0 aliphatic carbocycles. The van der Waals surface area contributed by atoms with Gasteiger partial charge < -0.3 is 9.52 Å². The van der Waals surface area contributed by atoms with E-state index >= 15 is 0 Å². The van der Waals surface area contributed by atoms with Gasteiger partial charge in [-0.2, -0.15) is 17.4 Å². The fraction of sp³-hybridized carbons (Fsp3) is 0.615. The Bertz CT molecular complexity index is 573. The predicted molar refractivity (Wildman–Crippen MR) is 78.3 cm³/mol. The predicted octanol–water partition coefficient (Wildman–Crippen LogP) is 1.74. The first kappa shape index (κ1) is 17.7. The number of nitrogens with zero attached hydrogens (tertiary/aromatic N) is 1. The van der Waals surface area contributed by atoms with E-state index in [2.05, 4.69) is 4.72 Å². The van der Waals surface area contributed by atoms with Crippen molar-refractivity contribution in [2.24, 2.45) is 0 Å². The summed E-state index contributed by atoms with van der Waals surface area (Å²) >= 11 is 0. The van der Waals surface area contributed by atoms with E-state index in [0.717, 1.165) is 12.8 Å². The molecule has 2 N–H and O–H groups in total. The third kappa shape index (κ3) is 4.83. The zero-order chi connectivity index (χ0) is 16.0. The van der Waals surface area contributed by atoms with Crippen LogP contribution in [0, 0.1) is 6.92 Å². The van der Waals surface area contributed by atoms with E-state index < -0.39 is 16.2 Å². The normalized spacial score (nSPS) is 12.0. The van der Waals surface area contributed by atoms with Gasteiger partial charge in [0.15, 0.2) is 0 Å². The summed E-state index contributed by atoms with van der Waals surface area (Å²) in [6.45, 7) is 6.17. The standard InChI is InChI=1S/C13H22N2O5S/c1-4-6-15(7-5-2)21(18,19)14-9-11-8-12(13(16)17)10(3)20-11/h8,14H,4-7,9H2,1-3H3,(H,16,17). The molecule has 0 saturated heterocycles. The Morgan fingerprint density at radius 2 is 1.90 bits per heavy atom. The first-order valence-electron chi connectivity index (χ1n) is 6.89. The Hall–Kier alpha value is -1.38. The van der Waals surface area contributed by atoms with Crippen LogP contribution in [0.5, 0.6) is 0 Å². The number of furan rings is 1. The number of aromatic carboxylic acids is 1. The highest BCUT2D eigenvalue weighted by atomic mass is 32.2. The highest BCUT2D eigenvalue weighted by Crippen LogP contribution is 2.15. The monoisotopic (exact) mass is 318 g/mol. The largest absolute Gasteiger partial charge is 0.478 e. The van der Waals surface area contributed by atoms with Crippen LogP contribution in [0.25, 0.3) is 0 Å². The number of hydrogen-bond acceptors (Lipinski definition) is 4. The van der Waals surface area contributed by atoms with Crippen LogP contribution < -0.4 is 4.72 Å². The molecule has 0 radical (unpaired) electrons. The molecule has 0 saturated carbocycles. The van der Waals surface area contributed by atoms with E-state index in [1.54, 1.807) is 0 Å². The van der Waals surface area contributed by atoms with Gasteiger partial charge in [-0.05, 0) is 25.8 Å². The van der Waals surface area contributed by atoms with Gasteiger partial charge >= 0.3 is 5.97 Å². The van der Waals surface area contributed by atoms with Gasteiger partial charge in [-0.1, -0.05) is 13.8 Å². The molecular formula is C13H22N2O5S. The second kappa shape index (κ2) is 7.58. The Balaban J connectivity index is 2.76. The highest BCUT2D eigenvalue weighted by Gasteiger charge is 2.21. The molecule has 0 bridgehead atoms. The van der Waals surface area contributed by atoms with E-state index in [-0.39, 0.29) is 23.6 Å². The minimum Gasteiger partial charge on any atom is -0.478 e. The second-order valence-corrected chi connectivity index (χ2v) is 6.47. The molecule has 0 aliphatic rings. The van der Waals surface area contributed by atoms with Crippen molar-refractivity contribution in [2.45, 2.75) is 40.2 Å². The average molecular weight is 318 g/mol. The summed E-state index contributed by atoms with van der Waals surface area (Å²) in [6.07, 6.45) is 1.45. The molecule has 21 heavy (non-hydrogen) atoms. The number of carbonyl (C=O) groups is 1. The van der Waals surface area contributed by atoms with Crippen molar-refractivity contribution in [2.75, 3.05) is 13.1 Å². The number of nitrogens with one attached hydrogen (secondary N) is 1. The maximum absolute atomic E-state index is 12.2. The van der Waals surface area contributed by atoms with Crippen LogP contribution in [0.15, 0.2) is 10.5 Å². The van der Waals surface area contributed by atoms with E-state index in [0.29, 0.717) is 13.1 Å². The van der Waals surface area contributed by atoms with Crippen LogP contribution in [-0.2, 0) is 16.8 Å². The third-order valence-electron chi connectivity index (χ3n) is 2.91. The van der Waals surface area contributed by atoms with Crippen LogP contribution >= 0.6 is 0 Å². The van der Waals surface area contributed by atoms with E-state index in [1.807, 2.05) is 13.8 Å². The Morgan fingerprint density at radius 1 is 1.33 bits per heavy atom. The summed E-state index contributed by atoms with van der Waals surface area (Å²) in [6, 6.07) is 1.34. The summed E-state index contributed by atoms with van der Waals surface area (Å²) in [4.78, 5) is 10.9. The lowest BCUT2D eigenvalue weighted by molar-refractivity contribution is 0.0695. The van der Waals surface area contributed by atoms with E-state index in [9.17, 15) is 13.2 Å². The molecule has 0 unspecified atom stereocenters. The molecule has 1 aromatic rings. The molecule has 0 atom stereocenters. The number of rotatable bonds is 9. The van der Waals surface area contributed by atoms with Crippen molar-refractivity contribution < 1.29 is 22.7 Å². The highest BCUT2D eigenvalue weighted by molar-refractivity contribution is 7.87. The lowest BCUT2D eigenvalue weighted by atomic mass is 10.2. The zero-order valence-corrected chi connectivity index (χ0v) is 13.4. The molecule has 0 aliphatic heterocycles. The molecule has 0 aromatic carbocycles. The lowest BCUT2D eigenvalue weighted by Gasteiger charge is -2.20. The quantitative estimate of drug-likeness (QED) is 0.722. The fourth-order valence-electron chi connectivity index (χ4n) is 1.95. The van der Waals surface area contributed by atoms with Crippen molar-refractivity contribution in [3.63, 3.8) is 0 Å². The van der Waals surface area contributed by atoms with Crippen LogP contribution in [0.1, 0.15) is 48.6 Å². The van der Waals surface area contributed by atoms with Crippen molar-refractivity contribution in [3.8, 4) is 0 Å². The third-order valence-corrected chi connectivity index (χ3v) is 4.47. The van der Waals surface area contributed by atoms with Gasteiger partial charge in [-0.3, -0.25) is 0 Å². The SMILES string of the molecule is CCCN(CCC)S(=O)(=O)NCc1cc(C(=O)O)c(C)o1. The van der Waals surface area contributed by atoms with Crippen LogP contribution in [0.3, 0.4) is 0 Å². The van der Waals surface area contributed by atoms with E-state index in [4.69, 9.17) is 9.52 Å². The minimum atomic E-state index is -3.59. The zero-order valence-electron chi connectivity index (χ0n) is 12.5. The Labute approximate surface area is 125 Å². The number of aryl methyl sites for hydroxylation is 1. The summed E-state index contributed by atoms with van der Waals surface area (Å²) in [7, 11) is -3.59. The number of carboxylic acid groups (broad SMARTS) is 1. The molecule has 1 aromatic heterocycles. The van der Waals surface area contributed by atoms with Gasteiger partial charge in [0.05, 0.1) is 6.54 Å². The molecule has 7 nitrogen and oxygen atoms in total. The van der Waals surface area contributed by atoms with Crippen LogP contribution in [0.2, 0.25) is 0 Å². The first-order valence-corrected chi connectivity index (χ1v) is 8.33. The number of carboxylic acids is 1. The van der Waals surface area contributed by atoms with Gasteiger partial charge in [0.1, 0.15) is 17.1 Å². The van der Waals surface area contributed by atoms with Crippen molar-refractivity contribution in [3.05, 3.63) is 23.2 Å². The molecular weight excluding hydrogens is 296 g/mol. The molecule has 1 rings (SSSR count). The maximum Gasteiger partial charge on any atom is 0.339 e. The van der Waals surface area contributed by atoms with Gasteiger partial charge in [0, 0.05) is 13.1 Å². The van der Waals surface area contributed by atoms with Crippen molar-refractivity contribution in [1.29, 1.82) is 0 Å². The summed E-state index contributed by atoms with van der Waals surface area (Å²) in [5.74, 6) is -0.555. The summed E-state index contributed by atoms with van der Waals surface area (Å²) in [5, 5.41) is 8.93. The number of hydrogen-bond donors (Lipinski definition) is 2. The van der Waals surface area contributed by atoms with Gasteiger partial charge in [0.25, 0.3) is 10.2 Å². The topological polar surface area (TPSA) is 99.9 Å². The first-order chi connectivity index (χ1) is 9.81. The molecule has 1 heterocycles. The Kier molecular flexibility index (Phi) is 6.38.